The number of hydrogen-bond acceptors (Lipinski definition) is 6. The van der Waals surface area contributed by atoms with Crippen molar-refractivity contribution in [2.45, 2.75) is 37.1 Å². The summed E-state index contributed by atoms with van der Waals surface area (Å²) in [5, 5.41) is 14.9. The first kappa shape index (κ1) is 11.7. The monoisotopic (exact) mass is 242 g/mol. The summed E-state index contributed by atoms with van der Waals surface area (Å²) in [5.74, 6) is 0.628. The highest BCUT2D eigenvalue weighted by molar-refractivity contribution is 7.99. The Morgan fingerprint density at radius 2 is 2.31 bits per heavy atom. The van der Waals surface area contributed by atoms with Gasteiger partial charge in [0.25, 0.3) is 0 Å². The van der Waals surface area contributed by atoms with Crippen LogP contribution in [0.5, 0.6) is 0 Å². The SMILES string of the molecule is CNCc1nnc(NC2CCCC2SC)o1. The molecule has 0 saturated heterocycles. The first-order valence-electron chi connectivity index (χ1n) is 5.60. The highest BCUT2D eigenvalue weighted by atomic mass is 32.2. The first-order valence-corrected chi connectivity index (χ1v) is 6.88. The van der Waals surface area contributed by atoms with Crippen LogP contribution in [0.2, 0.25) is 0 Å². The Morgan fingerprint density at radius 1 is 1.44 bits per heavy atom. The van der Waals surface area contributed by atoms with E-state index in [0.717, 1.165) is 0 Å². The smallest absolute Gasteiger partial charge is 0.315 e. The Labute approximate surface area is 99.8 Å². The second kappa shape index (κ2) is 5.54. The highest BCUT2D eigenvalue weighted by Crippen LogP contribution is 2.30. The molecule has 2 unspecified atom stereocenters. The van der Waals surface area contributed by atoms with Crippen LogP contribution in [0.4, 0.5) is 6.01 Å². The van der Waals surface area contributed by atoms with E-state index < -0.39 is 0 Å². The topological polar surface area (TPSA) is 63.0 Å². The van der Waals surface area contributed by atoms with Gasteiger partial charge in [0.05, 0.1) is 6.54 Å². The van der Waals surface area contributed by atoms with Crippen molar-refractivity contribution in [3.63, 3.8) is 0 Å². The van der Waals surface area contributed by atoms with Gasteiger partial charge in [0.1, 0.15) is 0 Å². The minimum absolute atomic E-state index is 0.470. The van der Waals surface area contributed by atoms with E-state index >= 15 is 0 Å². The molecule has 1 saturated carbocycles. The van der Waals surface area contributed by atoms with Crippen LogP contribution in [0.15, 0.2) is 4.42 Å². The Balaban J connectivity index is 1.92. The molecule has 90 valence electrons. The molecule has 1 aliphatic rings. The molecule has 0 aliphatic heterocycles. The van der Waals surface area contributed by atoms with Crippen LogP contribution < -0.4 is 10.6 Å². The molecule has 0 bridgehead atoms. The lowest BCUT2D eigenvalue weighted by Crippen LogP contribution is -2.25. The fraction of sp³-hybridized carbons (Fsp3) is 0.800. The van der Waals surface area contributed by atoms with Crippen molar-refractivity contribution in [2.75, 3.05) is 18.6 Å². The van der Waals surface area contributed by atoms with Crippen LogP contribution in [0.3, 0.4) is 0 Å². The van der Waals surface area contributed by atoms with Crippen LogP contribution in [0.25, 0.3) is 0 Å². The van der Waals surface area contributed by atoms with Crippen molar-refractivity contribution in [3.8, 4) is 0 Å². The molecule has 2 rings (SSSR count). The quantitative estimate of drug-likeness (QED) is 0.815. The molecule has 1 fully saturated rings. The van der Waals surface area contributed by atoms with Crippen molar-refractivity contribution in [1.29, 1.82) is 0 Å². The minimum Gasteiger partial charge on any atom is -0.407 e. The summed E-state index contributed by atoms with van der Waals surface area (Å²) in [7, 11) is 1.86. The van der Waals surface area contributed by atoms with Gasteiger partial charge in [-0.05, 0) is 26.1 Å². The number of thioether (sulfide) groups is 1. The van der Waals surface area contributed by atoms with Gasteiger partial charge in [-0.1, -0.05) is 11.5 Å². The Kier molecular flexibility index (Phi) is 4.06. The molecule has 1 aromatic rings. The number of nitrogens with zero attached hydrogens (tertiary/aromatic N) is 2. The first-order chi connectivity index (χ1) is 7.83. The Bertz CT molecular complexity index is 330. The third-order valence-electron chi connectivity index (χ3n) is 2.86. The zero-order valence-corrected chi connectivity index (χ0v) is 10.5. The lowest BCUT2D eigenvalue weighted by Gasteiger charge is -2.17. The van der Waals surface area contributed by atoms with Crippen molar-refractivity contribution < 1.29 is 4.42 Å². The zero-order valence-electron chi connectivity index (χ0n) is 9.69. The molecule has 1 aromatic heterocycles. The summed E-state index contributed by atoms with van der Waals surface area (Å²) in [6.07, 6.45) is 5.90. The third kappa shape index (κ3) is 2.68. The average Bonchev–Trinajstić information content (AvgIpc) is 2.89. The highest BCUT2D eigenvalue weighted by Gasteiger charge is 2.27. The Morgan fingerprint density at radius 3 is 3.06 bits per heavy atom. The van der Waals surface area contributed by atoms with Crippen molar-refractivity contribution >= 4 is 17.8 Å². The fourth-order valence-electron chi connectivity index (χ4n) is 2.07. The molecule has 1 heterocycles. The van der Waals surface area contributed by atoms with Crippen molar-refractivity contribution in [1.82, 2.24) is 15.5 Å². The maximum absolute atomic E-state index is 5.47. The molecule has 2 N–H and O–H groups in total. The van der Waals surface area contributed by atoms with Crippen LogP contribution in [0.1, 0.15) is 25.2 Å². The normalized spacial score (nSPS) is 24.9. The maximum atomic E-state index is 5.47. The molecule has 5 nitrogen and oxygen atoms in total. The molecule has 0 radical (unpaired) electrons. The zero-order chi connectivity index (χ0) is 11.4. The number of nitrogens with one attached hydrogen (secondary N) is 2. The number of anilines is 1. The predicted octanol–water partition coefficient (Wildman–Crippen LogP) is 1.48. The van der Waals surface area contributed by atoms with E-state index in [1.54, 1.807) is 0 Å². The Hall–Kier alpha value is -0.750. The van der Waals surface area contributed by atoms with Gasteiger partial charge in [0.15, 0.2) is 0 Å². The number of aromatic nitrogens is 2. The maximum Gasteiger partial charge on any atom is 0.315 e. The standard InChI is InChI=1S/C10H18N4OS/c1-11-6-9-13-14-10(15-9)12-7-4-3-5-8(7)16-2/h7-8,11H,3-6H2,1-2H3,(H,12,14). The summed E-state index contributed by atoms with van der Waals surface area (Å²) in [6, 6.07) is 1.02. The summed E-state index contributed by atoms with van der Waals surface area (Å²) >= 11 is 1.91. The molecule has 0 aromatic carbocycles. The van der Waals surface area contributed by atoms with E-state index in [1.807, 2.05) is 18.8 Å². The lowest BCUT2D eigenvalue weighted by atomic mass is 10.2. The van der Waals surface area contributed by atoms with Gasteiger partial charge in [-0.2, -0.15) is 11.8 Å². The largest absolute Gasteiger partial charge is 0.407 e. The van der Waals surface area contributed by atoms with Gasteiger partial charge in [0.2, 0.25) is 5.89 Å². The minimum atomic E-state index is 0.470. The molecule has 16 heavy (non-hydrogen) atoms. The molecular weight excluding hydrogens is 224 g/mol. The van der Waals surface area contributed by atoms with Crippen LogP contribution in [-0.4, -0.2) is 34.8 Å². The molecule has 6 heteroatoms. The molecule has 1 aliphatic carbocycles. The van der Waals surface area contributed by atoms with E-state index in [2.05, 4.69) is 27.1 Å². The third-order valence-corrected chi connectivity index (χ3v) is 4.03. The van der Waals surface area contributed by atoms with Gasteiger partial charge in [0, 0.05) is 11.3 Å². The number of hydrogen-bond donors (Lipinski definition) is 2. The predicted molar refractivity (Wildman–Crippen MR) is 65.6 cm³/mol. The van der Waals surface area contributed by atoms with E-state index in [4.69, 9.17) is 4.42 Å². The molecule has 0 amide bonds. The van der Waals surface area contributed by atoms with Crippen molar-refractivity contribution in [3.05, 3.63) is 5.89 Å². The molecule has 0 spiro atoms. The van der Waals surface area contributed by atoms with Gasteiger partial charge in [-0.15, -0.1) is 5.10 Å². The molecule has 2 atom stereocenters. The average molecular weight is 242 g/mol. The van der Waals surface area contributed by atoms with Crippen LogP contribution in [0, 0.1) is 0 Å². The second-order valence-corrected chi connectivity index (χ2v) is 5.06. The fourth-order valence-corrected chi connectivity index (χ4v) is 3.00. The second-order valence-electron chi connectivity index (χ2n) is 3.99. The van der Waals surface area contributed by atoms with E-state index in [0.29, 0.717) is 29.7 Å². The summed E-state index contributed by atoms with van der Waals surface area (Å²) in [4.78, 5) is 0. The van der Waals surface area contributed by atoms with Gasteiger partial charge >= 0.3 is 6.01 Å². The molecular formula is C10H18N4OS. The van der Waals surface area contributed by atoms with Crippen molar-refractivity contribution in [2.24, 2.45) is 0 Å². The summed E-state index contributed by atoms with van der Waals surface area (Å²) < 4.78 is 5.47. The summed E-state index contributed by atoms with van der Waals surface area (Å²) in [6.45, 7) is 0.616. The van der Waals surface area contributed by atoms with E-state index in [-0.39, 0.29) is 0 Å². The van der Waals surface area contributed by atoms with Crippen LogP contribution >= 0.6 is 11.8 Å². The summed E-state index contributed by atoms with van der Waals surface area (Å²) in [5.41, 5.74) is 0. The van der Waals surface area contributed by atoms with Gasteiger partial charge in [-0.25, -0.2) is 0 Å². The van der Waals surface area contributed by atoms with E-state index in [1.165, 1.54) is 19.3 Å². The van der Waals surface area contributed by atoms with Crippen LogP contribution in [-0.2, 0) is 6.54 Å². The van der Waals surface area contributed by atoms with Gasteiger partial charge in [-0.3, -0.25) is 0 Å². The van der Waals surface area contributed by atoms with Gasteiger partial charge < -0.3 is 15.1 Å². The number of rotatable bonds is 5. The van der Waals surface area contributed by atoms with E-state index in [9.17, 15) is 0 Å². The lowest BCUT2D eigenvalue weighted by molar-refractivity contribution is 0.484.